The van der Waals surface area contributed by atoms with E-state index in [2.05, 4.69) is 41.4 Å². The van der Waals surface area contributed by atoms with Crippen LogP contribution in [0, 0.1) is 6.92 Å². The molecule has 0 aliphatic rings. The first-order chi connectivity index (χ1) is 8.54. The van der Waals surface area contributed by atoms with Crippen LogP contribution in [0.1, 0.15) is 37.3 Å². The minimum Gasteiger partial charge on any atom is -0.361 e. The third-order valence-electron chi connectivity index (χ3n) is 2.22. The van der Waals surface area contributed by atoms with Crippen molar-refractivity contribution in [2.24, 2.45) is 0 Å². The Balaban J connectivity index is 2.09. The summed E-state index contributed by atoms with van der Waals surface area (Å²) >= 11 is 3.37. The maximum Gasteiger partial charge on any atom is 0.245 e. The number of halogens is 1. The number of nitrogens with zero attached hydrogens (tertiary/aromatic N) is 4. The fourth-order valence-corrected chi connectivity index (χ4v) is 1.76. The van der Waals surface area contributed by atoms with Crippen molar-refractivity contribution in [1.29, 1.82) is 0 Å². The van der Waals surface area contributed by atoms with Gasteiger partial charge in [-0.15, -0.1) is 0 Å². The molecule has 7 heteroatoms. The monoisotopic (exact) mass is 311 g/mol. The standard InChI is InChI=1S/C11H14BrN5O/c1-6(2)11-15-8(12)4-9(16-11)13-5-10-14-7(3)17-18-10/h4,6H,5H2,1-3H3,(H,13,15,16). The molecule has 2 heterocycles. The summed E-state index contributed by atoms with van der Waals surface area (Å²) < 4.78 is 5.77. The molecule has 0 fully saturated rings. The molecule has 2 aromatic rings. The zero-order valence-corrected chi connectivity index (χ0v) is 12.0. The molecular weight excluding hydrogens is 298 g/mol. The number of aromatic nitrogens is 4. The highest BCUT2D eigenvalue weighted by atomic mass is 79.9. The topological polar surface area (TPSA) is 76.7 Å². The summed E-state index contributed by atoms with van der Waals surface area (Å²) in [4.78, 5) is 12.8. The lowest BCUT2D eigenvalue weighted by Crippen LogP contribution is -2.06. The Bertz CT molecular complexity index is 540. The molecule has 0 aromatic carbocycles. The van der Waals surface area contributed by atoms with Gasteiger partial charge in [0.2, 0.25) is 5.89 Å². The Labute approximate surface area is 113 Å². The van der Waals surface area contributed by atoms with Crippen molar-refractivity contribution in [2.75, 3.05) is 5.32 Å². The van der Waals surface area contributed by atoms with E-state index in [9.17, 15) is 0 Å². The molecule has 0 spiro atoms. The first-order valence-electron chi connectivity index (χ1n) is 5.62. The van der Waals surface area contributed by atoms with E-state index in [1.807, 2.05) is 19.9 Å². The van der Waals surface area contributed by atoms with Crippen molar-refractivity contribution >= 4 is 21.7 Å². The largest absolute Gasteiger partial charge is 0.361 e. The van der Waals surface area contributed by atoms with Gasteiger partial charge in [-0.3, -0.25) is 0 Å². The summed E-state index contributed by atoms with van der Waals surface area (Å²) in [5, 5.41) is 6.86. The van der Waals surface area contributed by atoms with Crippen LogP contribution >= 0.6 is 15.9 Å². The van der Waals surface area contributed by atoms with Gasteiger partial charge in [-0.25, -0.2) is 9.97 Å². The minimum atomic E-state index is 0.272. The molecule has 96 valence electrons. The van der Waals surface area contributed by atoms with Gasteiger partial charge in [-0.2, -0.15) is 4.98 Å². The predicted molar refractivity (Wildman–Crippen MR) is 70.2 cm³/mol. The average Bonchev–Trinajstić information content (AvgIpc) is 2.72. The minimum absolute atomic E-state index is 0.272. The van der Waals surface area contributed by atoms with Crippen LogP contribution in [-0.2, 0) is 6.54 Å². The highest BCUT2D eigenvalue weighted by molar-refractivity contribution is 9.10. The molecule has 0 unspecified atom stereocenters. The molecule has 6 nitrogen and oxygen atoms in total. The summed E-state index contributed by atoms with van der Waals surface area (Å²) in [6.45, 7) is 6.33. The Hall–Kier alpha value is -1.50. The lowest BCUT2D eigenvalue weighted by atomic mass is 10.2. The van der Waals surface area contributed by atoms with Gasteiger partial charge in [0, 0.05) is 12.0 Å². The second-order valence-corrected chi connectivity index (χ2v) is 4.99. The van der Waals surface area contributed by atoms with E-state index in [1.165, 1.54) is 0 Å². The van der Waals surface area contributed by atoms with Crippen molar-refractivity contribution in [3.05, 3.63) is 28.2 Å². The normalized spacial score (nSPS) is 10.9. The van der Waals surface area contributed by atoms with Gasteiger partial charge >= 0.3 is 0 Å². The molecule has 0 saturated heterocycles. The zero-order chi connectivity index (χ0) is 13.1. The van der Waals surface area contributed by atoms with Crippen molar-refractivity contribution in [3.8, 4) is 0 Å². The van der Waals surface area contributed by atoms with Crippen LogP contribution in [0.5, 0.6) is 0 Å². The zero-order valence-electron chi connectivity index (χ0n) is 10.4. The van der Waals surface area contributed by atoms with Gasteiger partial charge in [0.1, 0.15) is 16.2 Å². The van der Waals surface area contributed by atoms with Crippen LogP contribution in [0.3, 0.4) is 0 Å². The van der Waals surface area contributed by atoms with E-state index < -0.39 is 0 Å². The molecule has 0 aliphatic carbocycles. The highest BCUT2D eigenvalue weighted by Gasteiger charge is 2.08. The Morgan fingerprint density at radius 1 is 1.33 bits per heavy atom. The predicted octanol–water partition coefficient (Wildman–Crippen LogP) is 2.67. The molecule has 2 aromatic heterocycles. The molecule has 1 N–H and O–H groups in total. The van der Waals surface area contributed by atoms with Gasteiger partial charge in [0.15, 0.2) is 5.82 Å². The van der Waals surface area contributed by atoms with Crippen molar-refractivity contribution in [1.82, 2.24) is 20.1 Å². The van der Waals surface area contributed by atoms with Crippen LogP contribution in [0.4, 0.5) is 5.82 Å². The lowest BCUT2D eigenvalue weighted by molar-refractivity contribution is 0.379. The average molecular weight is 312 g/mol. The number of anilines is 1. The van der Waals surface area contributed by atoms with Gasteiger partial charge < -0.3 is 9.84 Å². The SMILES string of the molecule is Cc1noc(CNc2cc(Br)nc(C(C)C)n2)n1. The summed E-state index contributed by atoms with van der Waals surface area (Å²) in [6, 6.07) is 1.81. The summed E-state index contributed by atoms with van der Waals surface area (Å²) in [5.74, 6) is 2.95. The maximum absolute atomic E-state index is 5.02. The van der Waals surface area contributed by atoms with E-state index in [4.69, 9.17) is 4.52 Å². The van der Waals surface area contributed by atoms with Crippen molar-refractivity contribution in [2.45, 2.75) is 33.2 Å². The van der Waals surface area contributed by atoms with Crippen LogP contribution in [0.15, 0.2) is 15.2 Å². The van der Waals surface area contributed by atoms with Crippen molar-refractivity contribution in [3.63, 3.8) is 0 Å². The molecule has 0 atom stereocenters. The molecule has 18 heavy (non-hydrogen) atoms. The Morgan fingerprint density at radius 3 is 2.72 bits per heavy atom. The number of hydrogen-bond donors (Lipinski definition) is 1. The maximum atomic E-state index is 5.02. The summed E-state index contributed by atoms with van der Waals surface area (Å²) in [7, 11) is 0. The second kappa shape index (κ2) is 5.43. The molecule has 2 rings (SSSR count). The van der Waals surface area contributed by atoms with Crippen molar-refractivity contribution < 1.29 is 4.52 Å². The fourth-order valence-electron chi connectivity index (χ4n) is 1.36. The summed E-state index contributed by atoms with van der Waals surface area (Å²) in [6.07, 6.45) is 0. The van der Waals surface area contributed by atoms with Gasteiger partial charge in [0.25, 0.3) is 0 Å². The molecule has 0 amide bonds. The molecule has 0 radical (unpaired) electrons. The van der Waals surface area contributed by atoms with Crippen LogP contribution in [0.2, 0.25) is 0 Å². The molecule has 0 bridgehead atoms. The van der Waals surface area contributed by atoms with Crippen LogP contribution in [-0.4, -0.2) is 20.1 Å². The van der Waals surface area contributed by atoms with Crippen LogP contribution in [0.25, 0.3) is 0 Å². The number of hydrogen-bond acceptors (Lipinski definition) is 6. The fraction of sp³-hybridized carbons (Fsp3) is 0.455. The summed E-state index contributed by atoms with van der Waals surface area (Å²) in [5.41, 5.74) is 0. The molecule has 0 saturated carbocycles. The lowest BCUT2D eigenvalue weighted by Gasteiger charge is -2.08. The van der Waals surface area contributed by atoms with Crippen LogP contribution < -0.4 is 5.32 Å². The third-order valence-corrected chi connectivity index (χ3v) is 2.63. The highest BCUT2D eigenvalue weighted by Crippen LogP contribution is 2.17. The number of rotatable bonds is 4. The van der Waals surface area contributed by atoms with E-state index in [0.29, 0.717) is 18.3 Å². The first-order valence-corrected chi connectivity index (χ1v) is 6.41. The number of nitrogens with one attached hydrogen (secondary N) is 1. The first kappa shape index (κ1) is 12.9. The Kier molecular flexibility index (Phi) is 3.90. The molecular formula is C11H14BrN5O. The second-order valence-electron chi connectivity index (χ2n) is 4.18. The van der Waals surface area contributed by atoms with E-state index in [0.717, 1.165) is 16.2 Å². The smallest absolute Gasteiger partial charge is 0.245 e. The number of aryl methyl sites for hydroxylation is 1. The van der Waals surface area contributed by atoms with Gasteiger partial charge in [-0.1, -0.05) is 19.0 Å². The molecule has 0 aliphatic heterocycles. The third kappa shape index (κ3) is 3.25. The van der Waals surface area contributed by atoms with Gasteiger partial charge in [0.05, 0.1) is 6.54 Å². The Morgan fingerprint density at radius 2 is 2.11 bits per heavy atom. The quantitative estimate of drug-likeness (QED) is 0.875. The van der Waals surface area contributed by atoms with E-state index >= 15 is 0 Å². The van der Waals surface area contributed by atoms with E-state index in [1.54, 1.807) is 6.92 Å². The van der Waals surface area contributed by atoms with Gasteiger partial charge in [-0.05, 0) is 22.9 Å². The van der Waals surface area contributed by atoms with E-state index in [-0.39, 0.29) is 5.92 Å².